The van der Waals surface area contributed by atoms with Gasteiger partial charge in [-0.1, -0.05) is 54.1 Å². The highest BCUT2D eigenvalue weighted by Crippen LogP contribution is 2.47. The summed E-state index contributed by atoms with van der Waals surface area (Å²) in [6.45, 7) is 4.59. The van der Waals surface area contributed by atoms with Crippen molar-refractivity contribution >= 4 is 102 Å². The van der Waals surface area contributed by atoms with Gasteiger partial charge in [0.25, 0.3) is 11.9 Å². The number of para-hydroxylation sites is 1. The Morgan fingerprint density at radius 3 is 2.49 bits per heavy atom. The Hall–Kier alpha value is -6.54. The summed E-state index contributed by atoms with van der Waals surface area (Å²) < 4.78 is 41.7. The van der Waals surface area contributed by atoms with Gasteiger partial charge in [0.05, 0.1) is 16.3 Å². The summed E-state index contributed by atoms with van der Waals surface area (Å²) in [5, 5.41) is 26.5. The number of aromatic carboxylic acids is 1. The van der Waals surface area contributed by atoms with Gasteiger partial charge >= 0.3 is 11.9 Å². The van der Waals surface area contributed by atoms with E-state index < -0.39 is 46.1 Å². The molecular formula is C49H47ClN6O11S2. The smallest absolute Gasteiger partial charge is 0.349 e. The van der Waals surface area contributed by atoms with Crippen LogP contribution in [0, 0.1) is 0 Å². The van der Waals surface area contributed by atoms with Crippen molar-refractivity contribution in [3.8, 4) is 16.2 Å². The molecule has 10 rings (SSSR count). The second-order valence-corrected chi connectivity index (χ2v) is 21.8. The van der Waals surface area contributed by atoms with Crippen molar-refractivity contribution in [2.45, 2.75) is 81.7 Å². The zero-order chi connectivity index (χ0) is 48.5. The molecule has 2 unspecified atom stereocenters. The number of fused-ring (bicyclic) bond motifs is 1. The van der Waals surface area contributed by atoms with Gasteiger partial charge in [-0.2, -0.15) is 9.29 Å². The van der Waals surface area contributed by atoms with E-state index in [0.29, 0.717) is 70.3 Å². The number of hydrogen-bond donors (Lipinski definition) is 4. The molecule has 4 N–H and O–H groups in total. The first-order valence-corrected chi connectivity index (χ1v) is 25.4. The van der Waals surface area contributed by atoms with E-state index >= 15 is 0 Å². The third kappa shape index (κ3) is 8.55. The van der Waals surface area contributed by atoms with Crippen LogP contribution >= 0.6 is 22.9 Å². The van der Waals surface area contributed by atoms with Gasteiger partial charge in [-0.05, 0) is 104 Å². The number of amides is 3. The number of carboxylic acid groups (broad SMARTS) is 2. The minimum absolute atomic E-state index is 0.00337. The Morgan fingerprint density at radius 2 is 1.75 bits per heavy atom. The van der Waals surface area contributed by atoms with Crippen LogP contribution in [0.25, 0.3) is 32.3 Å². The lowest BCUT2D eigenvalue weighted by molar-refractivity contribution is -0.139. The highest BCUT2D eigenvalue weighted by atomic mass is 35.5. The fourth-order valence-electron chi connectivity index (χ4n) is 10.5. The molecule has 3 fully saturated rings. The molecule has 4 aromatic carbocycles. The molecule has 0 aliphatic carbocycles. The highest BCUT2D eigenvalue weighted by Gasteiger charge is 2.43. The fourth-order valence-corrected chi connectivity index (χ4v) is 13.9. The molecule has 4 aliphatic rings. The average Bonchev–Trinajstić information content (AvgIpc) is 3.98. The van der Waals surface area contributed by atoms with E-state index in [9.17, 15) is 37.5 Å². The number of hydrogen-bond acceptors (Lipinski definition) is 13. The maximum Gasteiger partial charge on any atom is 0.349 e. The second kappa shape index (κ2) is 17.8. The molecule has 17 nitrogen and oxygen atoms in total. The zero-order valence-corrected chi connectivity index (χ0v) is 39.9. The third-order valence-electron chi connectivity index (χ3n) is 13.6. The molecule has 0 saturated carbocycles. The molecule has 0 radical (unpaired) electrons. The van der Waals surface area contributed by atoms with Crippen LogP contribution in [0.3, 0.4) is 0 Å². The Balaban J connectivity index is 0.799. The summed E-state index contributed by atoms with van der Waals surface area (Å²) >= 11 is 7.43. The van der Waals surface area contributed by atoms with Gasteiger partial charge < -0.3 is 29.6 Å². The molecule has 358 valence electrons. The van der Waals surface area contributed by atoms with Crippen LogP contribution in [0.1, 0.15) is 89.4 Å². The van der Waals surface area contributed by atoms with Crippen molar-refractivity contribution in [1.29, 1.82) is 0 Å². The fraction of sp³-hybridized carbons (Fsp3) is 0.347. The summed E-state index contributed by atoms with van der Waals surface area (Å²) in [5.74, 6) is -3.90. The number of oxazole rings is 1. The van der Waals surface area contributed by atoms with Gasteiger partial charge in [-0.25, -0.2) is 18.0 Å². The number of thiophene rings is 1. The van der Waals surface area contributed by atoms with Gasteiger partial charge in [-0.3, -0.25) is 24.6 Å². The van der Waals surface area contributed by atoms with Crippen molar-refractivity contribution in [1.82, 2.24) is 14.6 Å². The summed E-state index contributed by atoms with van der Waals surface area (Å²) in [6, 6.07) is 21.8. The van der Waals surface area contributed by atoms with Crippen LogP contribution in [0.2, 0.25) is 5.02 Å². The lowest BCUT2D eigenvalue weighted by Crippen LogP contribution is -2.55. The first-order chi connectivity index (χ1) is 33.0. The van der Waals surface area contributed by atoms with Gasteiger partial charge in [0.1, 0.15) is 16.6 Å². The number of anilines is 3. The number of carboxylic acids is 2. The molecule has 69 heavy (non-hydrogen) atoms. The number of sulfonamides is 1. The molecule has 2 atom stereocenters. The average molecular weight is 996 g/mol. The van der Waals surface area contributed by atoms with Crippen LogP contribution in [0.15, 0.2) is 77.2 Å². The third-order valence-corrected chi connectivity index (χ3v) is 17.3. The first-order valence-electron chi connectivity index (χ1n) is 22.6. The topological polar surface area (TPSA) is 229 Å². The van der Waals surface area contributed by atoms with E-state index in [-0.39, 0.29) is 64.6 Å². The zero-order valence-electron chi connectivity index (χ0n) is 37.5. The standard InChI is InChI=1S/C49H47ClN6O11S2/c1-49(2)23-30(51-29-8-3-6-27(22-29)43-40(50)42(66-24-38(58)59)44(68-43)47(62)63)18-21-55(49)69(64,65)25-28-7-4-11-36-41(28)53-48(67-36)54-19-16-26(17-20-54)31-12-13-34-39-32(31)9-5-10-33(39)46(61)56(34)35-14-15-37(57)52-45(35)60/h3-13,22,26,30,35,51H,14-21,23-25H2,1-2H3,(H,58,59)(H,62,63)(H,52,57,60). The number of piperidine rings is 3. The van der Waals surface area contributed by atoms with Gasteiger partial charge in [0.2, 0.25) is 21.8 Å². The minimum Gasteiger partial charge on any atom is -0.479 e. The van der Waals surface area contributed by atoms with Crippen molar-refractivity contribution < 1.29 is 51.8 Å². The van der Waals surface area contributed by atoms with Crippen LogP contribution in [-0.2, 0) is 30.2 Å². The number of nitrogens with zero attached hydrogens (tertiary/aromatic N) is 4. The maximum atomic E-state index is 14.3. The monoisotopic (exact) mass is 994 g/mol. The molecule has 3 amide bonds. The number of imide groups is 1. The maximum absolute atomic E-state index is 14.3. The van der Waals surface area contributed by atoms with E-state index in [0.717, 1.165) is 46.2 Å². The molecule has 3 saturated heterocycles. The SMILES string of the molecule is CC1(C)CC(Nc2cccc(-c3sc(C(=O)O)c(OCC(=O)O)c3Cl)c2)CCN1S(=O)(=O)Cc1cccc2oc(N3CCC(c4ccc5c6c(cccc46)C(=O)N5C4CCC(=O)NC4=O)CC3)nc12. The molecular weight excluding hydrogens is 948 g/mol. The van der Waals surface area contributed by atoms with E-state index in [4.69, 9.17) is 30.8 Å². The summed E-state index contributed by atoms with van der Waals surface area (Å²) in [7, 11) is -3.85. The van der Waals surface area contributed by atoms with Crippen LogP contribution in [-0.4, -0.2) is 101 Å². The van der Waals surface area contributed by atoms with E-state index in [1.54, 1.807) is 40.7 Å². The molecule has 6 heterocycles. The number of benzene rings is 4. The minimum atomic E-state index is -3.85. The van der Waals surface area contributed by atoms with Crippen molar-refractivity contribution in [3.63, 3.8) is 0 Å². The Morgan fingerprint density at radius 1 is 0.986 bits per heavy atom. The van der Waals surface area contributed by atoms with E-state index in [1.165, 1.54) is 4.90 Å². The second-order valence-electron chi connectivity index (χ2n) is 18.5. The molecule has 20 heteroatoms. The van der Waals surface area contributed by atoms with Crippen molar-refractivity contribution in [2.75, 3.05) is 41.4 Å². The van der Waals surface area contributed by atoms with Gasteiger partial charge in [0, 0.05) is 54.3 Å². The lowest BCUT2D eigenvalue weighted by atomic mass is 9.85. The highest BCUT2D eigenvalue weighted by molar-refractivity contribution is 7.88. The van der Waals surface area contributed by atoms with Gasteiger partial charge in [0.15, 0.2) is 22.8 Å². The lowest BCUT2D eigenvalue weighted by Gasteiger charge is -2.45. The number of nitrogens with one attached hydrogen (secondary N) is 2. The van der Waals surface area contributed by atoms with Crippen LogP contribution < -0.4 is 25.2 Å². The Bertz CT molecular complexity index is 3230. The number of carbonyl (C=O) groups excluding carboxylic acids is 3. The number of halogens is 1. The molecule has 4 aliphatic heterocycles. The number of aliphatic carboxylic acids is 1. The predicted molar refractivity (Wildman–Crippen MR) is 260 cm³/mol. The molecule has 0 bridgehead atoms. The Kier molecular flexibility index (Phi) is 11.9. The molecule has 0 spiro atoms. The number of carbonyl (C=O) groups is 5. The van der Waals surface area contributed by atoms with E-state index in [2.05, 4.69) is 21.6 Å². The van der Waals surface area contributed by atoms with Crippen molar-refractivity contribution in [2.24, 2.45) is 0 Å². The molecule has 6 aromatic rings. The van der Waals surface area contributed by atoms with Crippen LogP contribution in [0.4, 0.5) is 17.4 Å². The summed E-state index contributed by atoms with van der Waals surface area (Å²) in [6.07, 6.45) is 2.99. The molecule has 2 aromatic heterocycles. The van der Waals surface area contributed by atoms with E-state index in [1.807, 2.05) is 44.2 Å². The number of ether oxygens (including phenoxy) is 1. The quantitative estimate of drug-likeness (QED) is 0.0808. The number of aromatic nitrogens is 1. The predicted octanol–water partition coefficient (Wildman–Crippen LogP) is 7.86. The van der Waals surface area contributed by atoms with Crippen molar-refractivity contribution in [3.05, 3.63) is 99.4 Å². The number of rotatable bonds is 13. The normalized spacial score (nSPS) is 19.9. The largest absolute Gasteiger partial charge is 0.479 e. The summed E-state index contributed by atoms with van der Waals surface area (Å²) in [4.78, 5) is 70.2. The first kappa shape index (κ1) is 46.2. The Labute approximate surface area is 405 Å². The summed E-state index contributed by atoms with van der Waals surface area (Å²) in [5.41, 5.74) is 4.43. The van der Waals surface area contributed by atoms with Gasteiger partial charge in [-0.15, -0.1) is 11.3 Å². The van der Waals surface area contributed by atoms with Crippen LogP contribution in [0.5, 0.6) is 5.75 Å².